The lowest BCUT2D eigenvalue weighted by molar-refractivity contribution is 0.202. The summed E-state index contributed by atoms with van der Waals surface area (Å²) in [5.74, 6) is 0.713. The number of hydrogen-bond donors (Lipinski definition) is 1. The second-order valence-electron chi connectivity index (χ2n) is 5.47. The number of rotatable bonds is 6. The molecule has 1 heterocycles. The molecule has 3 rings (SSSR count). The van der Waals surface area contributed by atoms with Crippen LogP contribution in [0.4, 0.5) is 0 Å². The van der Waals surface area contributed by atoms with Crippen LogP contribution in [-0.4, -0.2) is 13.7 Å². The highest BCUT2D eigenvalue weighted by molar-refractivity contribution is 7.15. The third-order valence-corrected chi connectivity index (χ3v) is 5.16. The zero-order chi connectivity index (χ0) is 13.9. The van der Waals surface area contributed by atoms with Gasteiger partial charge in [0.1, 0.15) is 0 Å². The van der Waals surface area contributed by atoms with Crippen molar-refractivity contribution in [2.75, 3.05) is 13.7 Å². The monoisotopic (exact) mass is 287 g/mol. The molecule has 0 spiro atoms. The molecule has 20 heavy (non-hydrogen) atoms. The first-order valence-electron chi connectivity index (χ1n) is 7.22. The van der Waals surface area contributed by atoms with Gasteiger partial charge in [0.2, 0.25) is 0 Å². The van der Waals surface area contributed by atoms with Crippen LogP contribution in [0.1, 0.15) is 29.3 Å². The van der Waals surface area contributed by atoms with E-state index in [9.17, 15) is 0 Å². The molecule has 1 fully saturated rings. The van der Waals surface area contributed by atoms with Crippen molar-refractivity contribution in [3.63, 3.8) is 0 Å². The third-order valence-electron chi connectivity index (χ3n) is 3.94. The van der Waals surface area contributed by atoms with E-state index in [1.165, 1.54) is 33.7 Å². The van der Waals surface area contributed by atoms with Crippen LogP contribution in [0.25, 0.3) is 10.4 Å². The van der Waals surface area contributed by atoms with Crippen LogP contribution >= 0.6 is 11.3 Å². The third kappa shape index (κ3) is 2.95. The number of ether oxygens (including phenoxy) is 1. The van der Waals surface area contributed by atoms with Crippen molar-refractivity contribution in [3.05, 3.63) is 46.8 Å². The summed E-state index contributed by atoms with van der Waals surface area (Å²) in [4.78, 5) is 2.65. The Morgan fingerprint density at radius 1 is 1.25 bits per heavy atom. The lowest BCUT2D eigenvalue weighted by atomic mass is 10.0. The highest BCUT2D eigenvalue weighted by Crippen LogP contribution is 2.43. The number of nitrogens with two attached hydrogens (primary N) is 1. The van der Waals surface area contributed by atoms with E-state index in [1.54, 1.807) is 7.11 Å². The summed E-state index contributed by atoms with van der Waals surface area (Å²) in [7, 11) is 1.75. The Bertz CT molecular complexity index is 574. The van der Waals surface area contributed by atoms with E-state index in [4.69, 9.17) is 10.5 Å². The summed E-state index contributed by atoms with van der Waals surface area (Å²) in [6.07, 6.45) is 3.53. The molecule has 0 saturated heterocycles. The molecule has 106 valence electrons. The Balaban J connectivity index is 1.85. The van der Waals surface area contributed by atoms with Gasteiger partial charge < -0.3 is 10.5 Å². The maximum absolute atomic E-state index is 6.30. The Hall–Kier alpha value is -1.16. The first-order valence-corrected chi connectivity index (χ1v) is 8.04. The van der Waals surface area contributed by atoms with Crippen molar-refractivity contribution in [2.45, 2.75) is 25.3 Å². The van der Waals surface area contributed by atoms with Gasteiger partial charge >= 0.3 is 0 Å². The molecule has 1 unspecified atom stereocenters. The van der Waals surface area contributed by atoms with Crippen LogP contribution in [0.15, 0.2) is 36.4 Å². The predicted molar refractivity (Wildman–Crippen MR) is 85.0 cm³/mol. The molecular weight excluding hydrogens is 266 g/mol. The minimum absolute atomic E-state index is 0.236. The van der Waals surface area contributed by atoms with Crippen molar-refractivity contribution < 1.29 is 4.74 Å². The summed E-state index contributed by atoms with van der Waals surface area (Å²) in [6.45, 7) is 0.761. The zero-order valence-electron chi connectivity index (χ0n) is 11.8. The average Bonchev–Trinajstić information content (AvgIpc) is 3.22. The Morgan fingerprint density at radius 3 is 2.80 bits per heavy atom. The molecule has 0 amide bonds. The molecule has 1 saturated carbocycles. The van der Waals surface area contributed by atoms with Crippen molar-refractivity contribution in [1.29, 1.82) is 0 Å². The molecule has 0 radical (unpaired) electrons. The minimum Gasteiger partial charge on any atom is -0.384 e. The smallest absolute Gasteiger partial charge is 0.0502 e. The standard InChI is InChI=1S/C17H21NOS/c1-19-11-10-12-4-2-3-5-14(12)15-8-9-16(20-15)17(18)13-6-7-13/h2-5,8-9,13,17H,6-7,10-11,18H2,1H3. The predicted octanol–water partition coefficient (Wildman–Crippen LogP) is 4.01. The molecule has 2 N–H and O–H groups in total. The van der Waals surface area contributed by atoms with E-state index >= 15 is 0 Å². The van der Waals surface area contributed by atoms with Gasteiger partial charge in [0, 0.05) is 22.9 Å². The van der Waals surface area contributed by atoms with Crippen LogP contribution in [-0.2, 0) is 11.2 Å². The Morgan fingerprint density at radius 2 is 2.05 bits per heavy atom. The lowest BCUT2D eigenvalue weighted by Gasteiger charge is -2.08. The molecular formula is C17H21NOS. The quantitative estimate of drug-likeness (QED) is 0.871. The van der Waals surface area contributed by atoms with Crippen molar-refractivity contribution >= 4 is 11.3 Å². The summed E-state index contributed by atoms with van der Waals surface area (Å²) in [5, 5.41) is 0. The maximum atomic E-state index is 6.30. The van der Waals surface area contributed by atoms with E-state index in [2.05, 4.69) is 36.4 Å². The van der Waals surface area contributed by atoms with Gasteiger partial charge in [-0.05, 0) is 48.4 Å². The SMILES string of the molecule is COCCc1ccccc1-c1ccc(C(N)C2CC2)s1. The number of hydrogen-bond acceptors (Lipinski definition) is 3. The Kier molecular flexibility index (Phi) is 4.20. The minimum atomic E-state index is 0.236. The van der Waals surface area contributed by atoms with Crippen molar-refractivity contribution in [2.24, 2.45) is 11.7 Å². The fourth-order valence-corrected chi connectivity index (χ4v) is 3.72. The molecule has 1 aromatic carbocycles. The summed E-state index contributed by atoms with van der Waals surface area (Å²) in [5.41, 5.74) is 8.97. The van der Waals surface area contributed by atoms with Gasteiger partial charge in [-0.15, -0.1) is 11.3 Å². The normalized spacial score (nSPS) is 16.3. The van der Waals surface area contributed by atoms with Gasteiger partial charge in [-0.25, -0.2) is 0 Å². The fourth-order valence-electron chi connectivity index (χ4n) is 2.56. The molecule has 2 nitrogen and oxygen atoms in total. The van der Waals surface area contributed by atoms with Gasteiger partial charge in [-0.2, -0.15) is 0 Å². The van der Waals surface area contributed by atoms with Gasteiger partial charge in [0.25, 0.3) is 0 Å². The molecule has 0 aliphatic heterocycles. The highest BCUT2D eigenvalue weighted by atomic mass is 32.1. The second kappa shape index (κ2) is 6.08. The maximum Gasteiger partial charge on any atom is 0.0502 e. The first kappa shape index (κ1) is 13.8. The fraction of sp³-hybridized carbons (Fsp3) is 0.412. The average molecular weight is 287 g/mol. The second-order valence-corrected chi connectivity index (χ2v) is 6.58. The number of thiophene rings is 1. The largest absolute Gasteiger partial charge is 0.384 e. The van der Waals surface area contributed by atoms with Gasteiger partial charge in [-0.3, -0.25) is 0 Å². The lowest BCUT2D eigenvalue weighted by Crippen LogP contribution is -2.10. The topological polar surface area (TPSA) is 35.2 Å². The van der Waals surface area contributed by atoms with E-state index in [-0.39, 0.29) is 6.04 Å². The number of benzene rings is 1. The molecule has 1 atom stereocenters. The van der Waals surface area contributed by atoms with Crippen molar-refractivity contribution in [3.8, 4) is 10.4 Å². The van der Waals surface area contributed by atoms with Crippen LogP contribution in [0, 0.1) is 5.92 Å². The first-order chi connectivity index (χ1) is 9.79. The van der Waals surface area contributed by atoms with E-state index < -0.39 is 0 Å². The van der Waals surface area contributed by atoms with Gasteiger partial charge in [0.15, 0.2) is 0 Å². The number of methoxy groups -OCH3 is 1. The van der Waals surface area contributed by atoms with E-state index in [0.717, 1.165) is 13.0 Å². The van der Waals surface area contributed by atoms with Crippen LogP contribution < -0.4 is 5.73 Å². The molecule has 1 aliphatic carbocycles. The van der Waals surface area contributed by atoms with Gasteiger partial charge in [-0.1, -0.05) is 24.3 Å². The van der Waals surface area contributed by atoms with Crippen molar-refractivity contribution in [1.82, 2.24) is 0 Å². The molecule has 3 heteroatoms. The van der Waals surface area contributed by atoms with E-state index in [0.29, 0.717) is 5.92 Å². The molecule has 2 aromatic rings. The zero-order valence-corrected chi connectivity index (χ0v) is 12.7. The summed E-state index contributed by atoms with van der Waals surface area (Å²) >= 11 is 1.84. The van der Waals surface area contributed by atoms with Crippen LogP contribution in [0.5, 0.6) is 0 Å². The van der Waals surface area contributed by atoms with Crippen LogP contribution in [0.2, 0.25) is 0 Å². The Labute approximate surface area is 124 Å². The molecule has 1 aromatic heterocycles. The highest BCUT2D eigenvalue weighted by Gasteiger charge is 2.30. The molecule has 1 aliphatic rings. The van der Waals surface area contributed by atoms with Crippen LogP contribution in [0.3, 0.4) is 0 Å². The van der Waals surface area contributed by atoms with Gasteiger partial charge in [0.05, 0.1) is 6.61 Å². The summed E-state index contributed by atoms with van der Waals surface area (Å²) < 4.78 is 5.20. The summed E-state index contributed by atoms with van der Waals surface area (Å²) in [6, 6.07) is 13.2. The molecule has 0 bridgehead atoms. The van der Waals surface area contributed by atoms with E-state index in [1.807, 2.05) is 11.3 Å².